The highest BCUT2D eigenvalue weighted by Gasteiger charge is 2.32. The van der Waals surface area contributed by atoms with Crippen LogP contribution in [0.25, 0.3) is 0 Å². The van der Waals surface area contributed by atoms with E-state index in [0.29, 0.717) is 0 Å². The van der Waals surface area contributed by atoms with Gasteiger partial charge in [-0.1, -0.05) is 11.6 Å². The second kappa shape index (κ2) is 5.48. The monoisotopic (exact) mass is 214 g/mol. The van der Waals surface area contributed by atoms with Crippen LogP contribution in [0.2, 0.25) is 0 Å². The smallest absolute Gasteiger partial charge is 0.189 e. The van der Waals surface area contributed by atoms with E-state index in [1.165, 1.54) is 0 Å². The molecular formula is C6H11ClO6. The molecule has 0 saturated carbocycles. The predicted octanol–water partition coefficient (Wildman–Crippen LogP) is -2.81. The van der Waals surface area contributed by atoms with E-state index in [1.807, 2.05) is 0 Å². The number of aliphatic hydroxyl groups is 5. The Hall–Kier alpha value is -0.240. The van der Waals surface area contributed by atoms with Gasteiger partial charge in [-0.15, -0.1) is 0 Å². The number of hydrogen-bond donors (Lipinski definition) is 5. The van der Waals surface area contributed by atoms with E-state index in [0.717, 1.165) is 0 Å². The minimum Gasteiger partial charge on any atom is -0.388 e. The molecular weight excluding hydrogens is 204 g/mol. The minimum absolute atomic E-state index is 0.969. The van der Waals surface area contributed by atoms with Crippen LogP contribution in [0.3, 0.4) is 0 Å². The van der Waals surface area contributed by atoms with Crippen LogP contribution < -0.4 is 0 Å². The highest BCUT2D eigenvalue weighted by Crippen LogP contribution is 2.08. The van der Waals surface area contributed by atoms with Crippen molar-refractivity contribution < 1.29 is 30.3 Å². The maximum Gasteiger partial charge on any atom is 0.189 e. The van der Waals surface area contributed by atoms with Gasteiger partial charge < -0.3 is 25.5 Å². The summed E-state index contributed by atoms with van der Waals surface area (Å²) in [6.07, 6.45) is -5.74. The molecule has 0 aliphatic heterocycles. The van der Waals surface area contributed by atoms with Gasteiger partial charge in [0.1, 0.15) is 24.9 Å². The number of halogens is 1. The molecule has 0 rings (SSSR count). The van der Waals surface area contributed by atoms with Gasteiger partial charge in [0, 0.05) is 0 Å². The van der Waals surface area contributed by atoms with Gasteiger partial charge in [0.05, 0.1) is 0 Å². The lowest BCUT2D eigenvalue weighted by molar-refractivity contribution is -0.144. The number of ketones is 1. The van der Waals surface area contributed by atoms with Crippen molar-refractivity contribution in [3.63, 3.8) is 0 Å². The Morgan fingerprint density at radius 2 is 1.62 bits per heavy atom. The molecule has 0 spiro atoms. The normalized spacial score (nSPS) is 20.5. The van der Waals surface area contributed by atoms with E-state index in [-0.39, 0.29) is 0 Å². The number of hydrogen-bond acceptors (Lipinski definition) is 6. The van der Waals surface area contributed by atoms with E-state index >= 15 is 0 Å². The van der Waals surface area contributed by atoms with Gasteiger partial charge in [-0.05, 0) is 0 Å². The SMILES string of the molecule is O=C(CO)[C@@H](O)[C@H](O)[C@H](O)C(O)Cl. The Bertz CT molecular complexity index is 173. The molecule has 0 radical (unpaired) electrons. The van der Waals surface area contributed by atoms with Crippen LogP contribution in [-0.2, 0) is 4.79 Å². The lowest BCUT2D eigenvalue weighted by atomic mass is 10.1. The fourth-order valence-corrected chi connectivity index (χ4v) is 0.783. The molecule has 1 unspecified atom stereocenters. The van der Waals surface area contributed by atoms with Crippen LogP contribution in [0.15, 0.2) is 0 Å². The fourth-order valence-electron chi connectivity index (χ4n) is 0.633. The van der Waals surface area contributed by atoms with Crippen molar-refractivity contribution in [1.82, 2.24) is 0 Å². The lowest BCUT2D eigenvalue weighted by Crippen LogP contribution is -2.46. The zero-order chi connectivity index (χ0) is 10.6. The molecule has 0 aliphatic carbocycles. The molecule has 0 aliphatic rings. The van der Waals surface area contributed by atoms with E-state index in [2.05, 4.69) is 0 Å². The average Bonchev–Trinajstić information content (AvgIpc) is 2.12. The zero-order valence-electron chi connectivity index (χ0n) is 6.54. The molecule has 0 aromatic heterocycles. The average molecular weight is 215 g/mol. The molecule has 0 aromatic rings. The molecule has 0 aromatic carbocycles. The molecule has 7 heteroatoms. The predicted molar refractivity (Wildman–Crippen MR) is 42.0 cm³/mol. The van der Waals surface area contributed by atoms with Gasteiger partial charge in [0.15, 0.2) is 11.3 Å². The van der Waals surface area contributed by atoms with Crippen molar-refractivity contribution in [2.75, 3.05) is 6.61 Å². The summed E-state index contributed by atoms with van der Waals surface area (Å²) < 4.78 is 0. The zero-order valence-corrected chi connectivity index (χ0v) is 7.29. The number of carbonyl (C=O) groups excluding carboxylic acids is 1. The number of carbonyl (C=O) groups is 1. The summed E-state index contributed by atoms with van der Waals surface area (Å²) in [5.74, 6) is -1.07. The fraction of sp³-hybridized carbons (Fsp3) is 0.833. The van der Waals surface area contributed by atoms with Crippen molar-refractivity contribution in [3.05, 3.63) is 0 Å². The van der Waals surface area contributed by atoms with Crippen LogP contribution in [0, 0.1) is 0 Å². The van der Waals surface area contributed by atoms with Gasteiger partial charge in [-0.3, -0.25) is 4.79 Å². The van der Waals surface area contributed by atoms with Crippen LogP contribution in [0.5, 0.6) is 0 Å². The molecule has 78 valence electrons. The summed E-state index contributed by atoms with van der Waals surface area (Å²) in [6, 6.07) is 0. The second-order valence-electron chi connectivity index (χ2n) is 2.42. The summed E-state index contributed by atoms with van der Waals surface area (Å²) in [5, 5.41) is 43.6. The topological polar surface area (TPSA) is 118 Å². The summed E-state index contributed by atoms with van der Waals surface area (Å²) in [6.45, 7) is -0.969. The molecule has 0 bridgehead atoms. The first-order valence-corrected chi connectivity index (χ1v) is 3.85. The van der Waals surface area contributed by atoms with Gasteiger partial charge in [-0.2, -0.15) is 0 Å². The third kappa shape index (κ3) is 3.55. The van der Waals surface area contributed by atoms with Gasteiger partial charge in [0.25, 0.3) is 0 Å². The van der Waals surface area contributed by atoms with Crippen molar-refractivity contribution >= 4 is 17.4 Å². The molecule has 0 heterocycles. The molecule has 0 amide bonds. The maximum atomic E-state index is 10.6. The first-order valence-electron chi connectivity index (χ1n) is 3.41. The van der Waals surface area contributed by atoms with Crippen molar-refractivity contribution in [1.29, 1.82) is 0 Å². The van der Waals surface area contributed by atoms with E-state index in [1.54, 1.807) is 0 Å². The third-order valence-corrected chi connectivity index (χ3v) is 1.70. The molecule has 6 nitrogen and oxygen atoms in total. The Morgan fingerprint density at radius 3 is 1.92 bits per heavy atom. The Labute approximate surface area is 79.0 Å². The quantitative estimate of drug-likeness (QED) is 0.315. The Morgan fingerprint density at radius 1 is 1.15 bits per heavy atom. The summed E-state index contributed by atoms with van der Waals surface area (Å²) >= 11 is 4.98. The van der Waals surface area contributed by atoms with Gasteiger partial charge >= 0.3 is 0 Å². The van der Waals surface area contributed by atoms with Crippen molar-refractivity contribution in [2.24, 2.45) is 0 Å². The van der Waals surface area contributed by atoms with Crippen LogP contribution in [0.4, 0.5) is 0 Å². The second-order valence-corrected chi connectivity index (χ2v) is 2.87. The van der Waals surface area contributed by atoms with Crippen molar-refractivity contribution in [2.45, 2.75) is 23.9 Å². The molecule has 13 heavy (non-hydrogen) atoms. The third-order valence-electron chi connectivity index (χ3n) is 1.44. The number of alkyl halides is 1. The number of rotatable bonds is 5. The standard InChI is InChI=1S/C6H11ClO6/c7-6(13)5(12)4(11)3(10)2(9)1-8/h3-6,8,10-13H,1H2/t3-,4+,5+,6?/m1/s1. The molecule has 5 N–H and O–H groups in total. The van der Waals surface area contributed by atoms with E-state index in [4.69, 9.17) is 37.1 Å². The van der Waals surface area contributed by atoms with Gasteiger partial charge in [0.2, 0.25) is 0 Å². The minimum atomic E-state index is -1.96. The Balaban J connectivity index is 4.24. The Kier molecular flexibility index (Phi) is 5.38. The van der Waals surface area contributed by atoms with E-state index in [9.17, 15) is 4.79 Å². The summed E-state index contributed by atoms with van der Waals surface area (Å²) in [4.78, 5) is 10.6. The van der Waals surface area contributed by atoms with Crippen LogP contribution in [-0.4, -0.2) is 61.8 Å². The molecule has 0 saturated heterocycles. The number of aliphatic hydroxyl groups excluding tert-OH is 5. The lowest BCUT2D eigenvalue weighted by Gasteiger charge is -2.22. The van der Waals surface area contributed by atoms with Crippen LogP contribution >= 0.6 is 11.6 Å². The highest BCUT2D eigenvalue weighted by atomic mass is 35.5. The largest absolute Gasteiger partial charge is 0.388 e. The van der Waals surface area contributed by atoms with Crippen LogP contribution in [0.1, 0.15) is 0 Å². The maximum absolute atomic E-state index is 10.6. The highest BCUT2D eigenvalue weighted by molar-refractivity contribution is 6.19. The number of Topliss-reactive ketones (excluding diaryl/α,β-unsaturated/α-hetero) is 1. The first kappa shape index (κ1) is 12.8. The van der Waals surface area contributed by atoms with E-state index < -0.39 is 36.3 Å². The molecule has 0 fully saturated rings. The summed E-state index contributed by atoms with van der Waals surface area (Å²) in [7, 11) is 0. The summed E-state index contributed by atoms with van der Waals surface area (Å²) in [5.41, 5.74) is -1.80. The van der Waals surface area contributed by atoms with Gasteiger partial charge in [-0.25, -0.2) is 0 Å². The first-order chi connectivity index (χ1) is 5.91. The molecule has 4 atom stereocenters. The van der Waals surface area contributed by atoms with Crippen molar-refractivity contribution in [3.8, 4) is 0 Å².